The molecule has 0 saturated heterocycles. The maximum Gasteiger partial charge on any atom is 0.303 e. The minimum absolute atomic E-state index is 0.0338. The van der Waals surface area contributed by atoms with Gasteiger partial charge in [-0.05, 0) is 6.92 Å². The molecule has 0 amide bonds. The number of carbonyl (C=O) groups excluding carboxylic acids is 2. The van der Waals surface area contributed by atoms with Crippen molar-refractivity contribution in [3.8, 4) is 0 Å². The van der Waals surface area contributed by atoms with Crippen molar-refractivity contribution in [1.82, 2.24) is 0 Å². The molecule has 0 radical (unpaired) electrons. The zero-order valence-electron chi connectivity index (χ0n) is 14.7. The normalized spacial score (nSPS) is 16.3. The molecule has 0 heterocycles. The van der Waals surface area contributed by atoms with E-state index in [2.05, 4.69) is 0 Å². The molecule has 0 aliphatic rings. The number of hydrogen-bond donors (Lipinski definition) is 0. The van der Waals surface area contributed by atoms with Crippen LogP contribution >= 0.6 is 0 Å². The van der Waals surface area contributed by atoms with Crippen LogP contribution in [-0.2, 0) is 38.0 Å². The molecule has 0 bridgehead atoms. The summed E-state index contributed by atoms with van der Waals surface area (Å²) in [6, 6.07) is 0. The van der Waals surface area contributed by atoms with Crippen LogP contribution in [0.5, 0.6) is 0 Å². The van der Waals surface area contributed by atoms with Crippen molar-refractivity contribution >= 4 is 11.9 Å². The lowest BCUT2D eigenvalue weighted by Gasteiger charge is -2.35. The van der Waals surface area contributed by atoms with Gasteiger partial charge in [-0.15, -0.1) is 0 Å². The van der Waals surface area contributed by atoms with Crippen LogP contribution in [0.15, 0.2) is 0 Å². The molecule has 8 nitrogen and oxygen atoms in total. The Morgan fingerprint density at radius 3 is 1.91 bits per heavy atom. The van der Waals surface area contributed by atoms with Crippen LogP contribution in [0.2, 0.25) is 0 Å². The van der Waals surface area contributed by atoms with Crippen molar-refractivity contribution < 1.29 is 38.0 Å². The highest BCUT2D eigenvalue weighted by molar-refractivity contribution is 5.66. The topological polar surface area (TPSA) is 89.5 Å². The fraction of sp³-hybridized carbons (Fsp3) is 0.867. The Hall–Kier alpha value is -1.22. The van der Waals surface area contributed by atoms with Gasteiger partial charge in [-0.2, -0.15) is 0 Å². The van der Waals surface area contributed by atoms with E-state index in [0.717, 1.165) is 0 Å². The first-order valence-corrected chi connectivity index (χ1v) is 7.37. The second-order valence-electron chi connectivity index (χ2n) is 4.80. The van der Waals surface area contributed by atoms with E-state index in [1.165, 1.54) is 35.2 Å². The van der Waals surface area contributed by atoms with E-state index < -0.39 is 36.4 Å². The summed E-state index contributed by atoms with van der Waals surface area (Å²) < 4.78 is 31.9. The van der Waals surface area contributed by atoms with Gasteiger partial charge in [0.1, 0.15) is 24.9 Å². The predicted octanol–water partition coefficient (Wildman–Crippen LogP) is 0.563. The SMILES string of the molecule is CCO[C@H](COC)[C@H](OC(C)=O)[C@H](OC)[C@H](COC(C)=O)OC. The van der Waals surface area contributed by atoms with Crippen LogP contribution in [-0.4, -0.2) is 77.5 Å². The summed E-state index contributed by atoms with van der Waals surface area (Å²) in [7, 11) is 4.43. The molecule has 0 saturated carbocycles. The van der Waals surface area contributed by atoms with Crippen LogP contribution in [0.3, 0.4) is 0 Å². The maximum absolute atomic E-state index is 11.5. The Bertz CT molecular complexity index is 340. The number of rotatable bonds is 12. The third kappa shape index (κ3) is 8.26. The van der Waals surface area contributed by atoms with E-state index in [0.29, 0.717) is 6.61 Å². The number of hydrogen-bond acceptors (Lipinski definition) is 8. The van der Waals surface area contributed by atoms with Gasteiger partial charge < -0.3 is 28.4 Å². The van der Waals surface area contributed by atoms with Crippen molar-refractivity contribution in [3.63, 3.8) is 0 Å². The van der Waals surface area contributed by atoms with Gasteiger partial charge in [-0.1, -0.05) is 0 Å². The van der Waals surface area contributed by atoms with E-state index >= 15 is 0 Å². The first-order chi connectivity index (χ1) is 10.9. The Kier molecular flexibility index (Phi) is 11.6. The third-order valence-corrected chi connectivity index (χ3v) is 3.10. The highest BCUT2D eigenvalue weighted by Crippen LogP contribution is 2.18. The lowest BCUT2D eigenvalue weighted by molar-refractivity contribution is -0.192. The molecule has 0 aliphatic carbocycles. The molecule has 136 valence electrons. The van der Waals surface area contributed by atoms with Gasteiger partial charge in [-0.25, -0.2) is 0 Å². The van der Waals surface area contributed by atoms with Crippen LogP contribution in [0.1, 0.15) is 20.8 Å². The summed E-state index contributed by atoms with van der Waals surface area (Å²) in [5, 5.41) is 0. The molecule has 0 aromatic carbocycles. The largest absolute Gasteiger partial charge is 0.463 e. The van der Waals surface area contributed by atoms with Crippen LogP contribution in [0.25, 0.3) is 0 Å². The third-order valence-electron chi connectivity index (χ3n) is 3.10. The molecular formula is C15H28O8. The van der Waals surface area contributed by atoms with Gasteiger partial charge in [0.15, 0.2) is 6.10 Å². The highest BCUT2D eigenvalue weighted by atomic mass is 16.6. The van der Waals surface area contributed by atoms with Gasteiger partial charge in [0.05, 0.1) is 6.61 Å². The second-order valence-corrected chi connectivity index (χ2v) is 4.80. The van der Waals surface area contributed by atoms with Crippen LogP contribution in [0, 0.1) is 0 Å². The number of ether oxygens (including phenoxy) is 6. The van der Waals surface area contributed by atoms with Crippen molar-refractivity contribution in [2.75, 3.05) is 41.2 Å². The average molecular weight is 336 g/mol. The van der Waals surface area contributed by atoms with Crippen molar-refractivity contribution in [2.24, 2.45) is 0 Å². The number of esters is 2. The predicted molar refractivity (Wildman–Crippen MR) is 81.1 cm³/mol. The van der Waals surface area contributed by atoms with E-state index in [1.54, 1.807) is 0 Å². The Morgan fingerprint density at radius 1 is 0.870 bits per heavy atom. The molecule has 0 fully saturated rings. The molecular weight excluding hydrogens is 308 g/mol. The molecule has 0 rings (SSSR count). The van der Waals surface area contributed by atoms with Gasteiger partial charge in [0.25, 0.3) is 0 Å². The van der Waals surface area contributed by atoms with E-state index in [1.807, 2.05) is 6.92 Å². The highest BCUT2D eigenvalue weighted by Gasteiger charge is 2.39. The van der Waals surface area contributed by atoms with Crippen LogP contribution < -0.4 is 0 Å². The fourth-order valence-electron chi connectivity index (χ4n) is 2.16. The Morgan fingerprint density at radius 2 is 1.52 bits per heavy atom. The van der Waals surface area contributed by atoms with Gasteiger partial charge >= 0.3 is 11.9 Å². The zero-order chi connectivity index (χ0) is 17.8. The number of methoxy groups -OCH3 is 3. The summed E-state index contributed by atoms with van der Waals surface area (Å²) in [5.74, 6) is -0.926. The van der Waals surface area contributed by atoms with Gasteiger partial charge in [-0.3, -0.25) is 9.59 Å². The van der Waals surface area contributed by atoms with E-state index in [9.17, 15) is 9.59 Å². The molecule has 0 aromatic heterocycles. The molecule has 8 heteroatoms. The molecule has 0 aromatic rings. The lowest BCUT2D eigenvalue weighted by Crippen LogP contribution is -2.52. The quantitative estimate of drug-likeness (QED) is 0.478. The Balaban J connectivity index is 5.30. The van der Waals surface area contributed by atoms with E-state index in [-0.39, 0.29) is 13.2 Å². The Labute approximate surface area is 137 Å². The minimum Gasteiger partial charge on any atom is -0.463 e. The number of carbonyl (C=O) groups is 2. The van der Waals surface area contributed by atoms with Gasteiger partial charge in [0.2, 0.25) is 0 Å². The zero-order valence-corrected chi connectivity index (χ0v) is 14.7. The van der Waals surface area contributed by atoms with Crippen molar-refractivity contribution in [1.29, 1.82) is 0 Å². The summed E-state index contributed by atoms with van der Waals surface area (Å²) in [4.78, 5) is 22.5. The molecule has 0 aliphatic heterocycles. The maximum atomic E-state index is 11.5. The van der Waals surface area contributed by atoms with Crippen LogP contribution in [0.4, 0.5) is 0 Å². The molecule has 0 unspecified atom stereocenters. The van der Waals surface area contributed by atoms with Crippen molar-refractivity contribution in [2.45, 2.75) is 45.2 Å². The molecule has 4 atom stereocenters. The molecule has 23 heavy (non-hydrogen) atoms. The minimum atomic E-state index is -0.780. The standard InChI is InChI=1S/C15H28O8/c1-7-21-13(8-18-4)15(23-11(3)17)14(20-6)12(19-5)9-22-10(2)16/h12-15H,7-9H2,1-6H3/t12-,13+,14+,15-/m0/s1. The first-order valence-electron chi connectivity index (χ1n) is 7.37. The average Bonchev–Trinajstić information content (AvgIpc) is 2.49. The van der Waals surface area contributed by atoms with E-state index in [4.69, 9.17) is 28.4 Å². The summed E-state index contributed by atoms with van der Waals surface area (Å²) in [6.07, 6.45) is -2.66. The fourth-order valence-corrected chi connectivity index (χ4v) is 2.16. The lowest BCUT2D eigenvalue weighted by atomic mass is 10.0. The summed E-state index contributed by atoms with van der Waals surface area (Å²) in [5.41, 5.74) is 0. The molecule has 0 N–H and O–H groups in total. The summed E-state index contributed by atoms with van der Waals surface area (Å²) >= 11 is 0. The molecule has 0 spiro atoms. The summed E-state index contributed by atoms with van der Waals surface area (Å²) in [6.45, 7) is 4.99. The van der Waals surface area contributed by atoms with Crippen molar-refractivity contribution in [3.05, 3.63) is 0 Å². The smallest absolute Gasteiger partial charge is 0.303 e. The van der Waals surface area contributed by atoms with Gasteiger partial charge in [0, 0.05) is 41.8 Å². The first kappa shape index (κ1) is 21.8. The monoisotopic (exact) mass is 336 g/mol. The second kappa shape index (κ2) is 12.2.